The lowest BCUT2D eigenvalue weighted by atomic mass is 10.1. The molecule has 1 rings (SSSR count). The molecular weight excluding hydrogens is 172 g/mol. The minimum Gasteiger partial charge on any atom is -0.300 e. The van der Waals surface area contributed by atoms with Gasteiger partial charge >= 0.3 is 0 Å². The fourth-order valence-corrected chi connectivity index (χ4v) is 1.10. The molecule has 0 fully saturated rings. The molecule has 0 spiro atoms. The van der Waals surface area contributed by atoms with Crippen LogP contribution >= 0.6 is 0 Å². The van der Waals surface area contributed by atoms with E-state index in [1.54, 1.807) is 12.1 Å². The van der Waals surface area contributed by atoms with E-state index in [2.05, 4.69) is 4.84 Å². The van der Waals surface area contributed by atoms with Crippen molar-refractivity contribution in [3.05, 3.63) is 39.4 Å². The number of hydrogen-bond donors (Lipinski definition) is 1. The zero-order valence-corrected chi connectivity index (χ0v) is 7.19. The SMILES string of the molecule is Cc1ccc([N+](=O)[O-])c(CON)c1. The Morgan fingerprint density at radius 2 is 2.31 bits per heavy atom. The predicted octanol–water partition coefficient (Wildman–Crippen LogP) is 1.29. The molecule has 0 aliphatic rings. The third-order valence-electron chi connectivity index (χ3n) is 1.67. The fraction of sp³-hybridized carbons (Fsp3) is 0.250. The Hall–Kier alpha value is -1.46. The number of rotatable bonds is 3. The van der Waals surface area contributed by atoms with Crippen molar-refractivity contribution >= 4 is 5.69 Å². The van der Waals surface area contributed by atoms with Crippen molar-refractivity contribution in [3.8, 4) is 0 Å². The smallest absolute Gasteiger partial charge is 0.275 e. The molecule has 0 aliphatic heterocycles. The van der Waals surface area contributed by atoms with Gasteiger partial charge in [0.2, 0.25) is 0 Å². The predicted molar refractivity (Wildman–Crippen MR) is 46.8 cm³/mol. The third kappa shape index (κ3) is 2.24. The Balaban J connectivity index is 3.10. The molecular formula is C8H10N2O3. The van der Waals surface area contributed by atoms with Crippen LogP contribution in [-0.2, 0) is 11.4 Å². The quantitative estimate of drug-likeness (QED) is 0.564. The van der Waals surface area contributed by atoms with Crippen LogP contribution in [0.15, 0.2) is 18.2 Å². The van der Waals surface area contributed by atoms with Gasteiger partial charge in [0.1, 0.15) is 0 Å². The van der Waals surface area contributed by atoms with Crippen LogP contribution in [0.1, 0.15) is 11.1 Å². The van der Waals surface area contributed by atoms with Crippen LogP contribution in [0.5, 0.6) is 0 Å². The molecule has 0 aliphatic carbocycles. The van der Waals surface area contributed by atoms with E-state index in [0.717, 1.165) is 5.56 Å². The second-order valence-corrected chi connectivity index (χ2v) is 2.70. The highest BCUT2D eigenvalue weighted by atomic mass is 16.6. The summed E-state index contributed by atoms with van der Waals surface area (Å²) in [6, 6.07) is 4.81. The van der Waals surface area contributed by atoms with Crippen molar-refractivity contribution < 1.29 is 9.76 Å². The maximum atomic E-state index is 10.5. The Bertz CT molecular complexity index is 325. The molecule has 0 saturated heterocycles. The minimum atomic E-state index is -0.451. The van der Waals surface area contributed by atoms with Crippen LogP contribution in [0.4, 0.5) is 5.69 Å². The molecule has 1 aromatic rings. The summed E-state index contributed by atoms with van der Waals surface area (Å²) in [6.45, 7) is 1.90. The van der Waals surface area contributed by atoms with E-state index in [4.69, 9.17) is 5.90 Å². The molecule has 0 heterocycles. The van der Waals surface area contributed by atoms with Crippen molar-refractivity contribution in [2.45, 2.75) is 13.5 Å². The molecule has 0 aromatic heterocycles. The van der Waals surface area contributed by atoms with Gasteiger partial charge in [0, 0.05) is 6.07 Å². The summed E-state index contributed by atoms with van der Waals surface area (Å²) in [6.07, 6.45) is 0. The first kappa shape index (κ1) is 9.63. The van der Waals surface area contributed by atoms with Gasteiger partial charge in [-0.15, -0.1) is 0 Å². The first-order valence-corrected chi connectivity index (χ1v) is 3.70. The molecule has 5 nitrogen and oxygen atoms in total. The number of nitrogens with two attached hydrogens (primary N) is 1. The van der Waals surface area contributed by atoms with E-state index in [1.165, 1.54) is 6.07 Å². The summed E-state index contributed by atoms with van der Waals surface area (Å²) >= 11 is 0. The number of benzene rings is 1. The van der Waals surface area contributed by atoms with Gasteiger partial charge in [-0.3, -0.25) is 15.0 Å². The second-order valence-electron chi connectivity index (χ2n) is 2.70. The largest absolute Gasteiger partial charge is 0.300 e. The molecule has 1 aromatic carbocycles. The maximum absolute atomic E-state index is 10.5. The van der Waals surface area contributed by atoms with E-state index in [-0.39, 0.29) is 12.3 Å². The van der Waals surface area contributed by atoms with Gasteiger partial charge in [0.05, 0.1) is 17.1 Å². The Kier molecular flexibility index (Phi) is 2.94. The van der Waals surface area contributed by atoms with Crippen LogP contribution in [0, 0.1) is 17.0 Å². The first-order chi connectivity index (χ1) is 6.15. The number of nitro benzene ring substituents is 1. The zero-order valence-electron chi connectivity index (χ0n) is 7.19. The van der Waals surface area contributed by atoms with E-state index in [9.17, 15) is 10.1 Å². The molecule has 13 heavy (non-hydrogen) atoms. The number of hydrogen-bond acceptors (Lipinski definition) is 4. The zero-order chi connectivity index (χ0) is 9.84. The van der Waals surface area contributed by atoms with Crippen molar-refractivity contribution in [3.63, 3.8) is 0 Å². The molecule has 0 amide bonds. The summed E-state index contributed by atoms with van der Waals surface area (Å²) in [7, 11) is 0. The van der Waals surface area contributed by atoms with Gasteiger partial charge in [-0.25, -0.2) is 5.90 Å². The number of aryl methyl sites for hydroxylation is 1. The maximum Gasteiger partial charge on any atom is 0.275 e. The highest BCUT2D eigenvalue weighted by Gasteiger charge is 2.12. The molecule has 70 valence electrons. The van der Waals surface area contributed by atoms with Crippen LogP contribution < -0.4 is 5.90 Å². The van der Waals surface area contributed by atoms with Gasteiger partial charge < -0.3 is 0 Å². The monoisotopic (exact) mass is 182 g/mol. The normalized spacial score (nSPS) is 10.0. The van der Waals surface area contributed by atoms with E-state index in [0.29, 0.717) is 5.56 Å². The lowest BCUT2D eigenvalue weighted by molar-refractivity contribution is -0.386. The fourth-order valence-electron chi connectivity index (χ4n) is 1.10. The number of nitrogens with zero attached hydrogens (tertiary/aromatic N) is 1. The lowest BCUT2D eigenvalue weighted by Gasteiger charge is -2.01. The van der Waals surface area contributed by atoms with Crippen molar-refractivity contribution in [1.29, 1.82) is 0 Å². The van der Waals surface area contributed by atoms with Gasteiger partial charge in [-0.05, 0) is 13.0 Å². The molecule has 0 atom stereocenters. The Morgan fingerprint density at radius 3 is 2.85 bits per heavy atom. The summed E-state index contributed by atoms with van der Waals surface area (Å²) in [5.74, 6) is 4.86. The summed E-state index contributed by atoms with van der Waals surface area (Å²) in [5.41, 5.74) is 1.47. The average Bonchev–Trinajstić information content (AvgIpc) is 2.04. The van der Waals surface area contributed by atoms with Crippen molar-refractivity contribution in [2.24, 2.45) is 5.90 Å². The standard InChI is InChI=1S/C8H10N2O3/c1-6-2-3-8(10(11)12)7(4-6)5-13-9/h2-4H,5,9H2,1H3. The Labute approximate surface area is 75.2 Å². The topological polar surface area (TPSA) is 78.4 Å². The molecule has 0 unspecified atom stereocenters. The second kappa shape index (κ2) is 3.97. The average molecular weight is 182 g/mol. The van der Waals surface area contributed by atoms with Gasteiger partial charge in [0.25, 0.3) is 5.69 Å². The molecule has 0 saturated carbocycles. The summed E-state index contributed by atoms with van der Waals surface area (Å²) in [4.78, 5) is 14.4. The van der Waals surface area contributed by atoms with Gasteiger partial charge in [-0.2, -0.15) is 0 Å². The number of nitro groups is 1. The van der Waals surface area contributed by atoms with Crippen LogP contribution in [-0.4, -0.2) is 4.92 Å². The van der Waals surface area contributed by atoms with E-state index >= 15 is 0 Å². The van der Waals surface area contributed by atoms with Crippen molar-refractivity contribution in [2.75, 3.05) is 0 Å². The van der Waals surface area contributed by atoms with Crippen LogP contribution in [0.2, 0.25) is 0 Å². The van der Waals surface area contributed by atoms with E-state index < -0.39 is 4.92 Å². The van der Waals surface area contributed by atoms with Gasteiger partial charge in [-0.1, -0.05) is 11.6 Å². The van der Waals surface area contributed by atoms with Crippen LogP contribution in [0.25, 0.3) is 0 Å². The van der Waals surface area contributed by atoms with Gasteiger partial charge in [0.15, 0.2) is 0 Å². The van der Waals surface area contributed by atoms with E-state index in [1.807, 2.05) is 6.92 Å². The van der Waals surface area contributed by atoms with Crippen molar-refractivity contribution in [1.82, 2.24) is 0 Å². The highest BCUT2D eigenvalue weighted by Crippen LogP contribution is 2.19. The minimum absolute atomic E-state index is 0.0380. The molecule has 2 N–H and O–H groups in total. The first-order valence-electron chi connectivity index (χ1n) is 3.70. The lowest BCUT2D eigenvalue weighted by Crippen LogP contribution is -2.02. The van der Waals surface area contributed by atoms with Crippen LogP contribution in [0.3, 0.4) is 0 Å². The summed E-state index contributed by atoms with van der Waals surface area (Å²) < 4.78 is 0. The summed E-state index contributed by atoms with van der Waals surface area (Å²) in [5, 5.41) is 10.5. The molecule has 0 radical (unpaired) electrons. The molecule has 5 heteroatoms. The third-order valence-corrected chi connectivity index (χ3v) is 1.67. The highest BCUT2D eigenvalue weighted by molar-refractivity contribution is 5.42. The Morgan fingerprint density at radius 1 is 1.62 bits per heavy atom. The molecule has 0 bridgehead atoms.